The van der Waals surface area contributed by atoms with E-state index in [-0.39, 0.29) is 0 Å². The molecule has 0 spiro atoms. The van der Waals surface area contributed by atoms with Gasteiger partial charge in [0.15, 0.2) is 0 Å². The van der Waals surface area contributed by atoms with Gasteiger partial charge in [0.1, 0.15) is 12.9 Å². The topological polar surface area (TPSA) is 46.6 Å². The zero-order chi connectivity index (χ0) is 13.9. The zero-order valence-electron chi connectivity index (χ0n) is 11.0. The van der Waals surface area contributed by atoms with Crippen molar-refractivity contribution in [1.29, 1.82) is 0 Å². The minimum atomic E-state index is 0.376. The highest BCUT2D eigenvalue weighted by molar-refractivity contribution is 5.71. The zero-order valence-corrected chi connectivity index (χ0v) is 11.0. The lowest BCUT2D eigenvalue weighted by Crippen LogP contribution is -2.23. The molecular formula is C15H19NO3. The van der Waals surface area contributed by atoms with Crippen LogP contribution in [0.25, 0.3) is 0 Å². The average Bonchev–Trinajstić information content (AvgIpc) is 2.47. The molecular weight excluding hydrogens is 242 g/mol. The fraction of sp³-hybridized carbons (Fsp3) is 0.333. The third kappa shape index (κ3) is 6.52. The van der Waals surface area contributed by atoms with Crippen LogP contribution < -0.4 is 0 Å². The molecule has 19 heavy (non-hydrogen) atoms. The summed E-state index contributed by atoms with van der Waals surface area (Å²) in [6, 6.07) is 9.67. The van der Waals surface area contributed by atoms with E-state index in [0.717, 1.165) is 24.7 Å². The van der Waals surface area contributed by atoms with Gasteiger partial charge in [-0.2, -0.15) is 0 Å². The fourth-order valence-electron chi connectivity index (χ4n) is 1.56. The van der Waals surface area contributed by atoms with E-state index < -0.39 is 0 Å². The molecule has 1 amide bonds. The van der Waals surface area contributed by atoms with Crippen molar-refractivity contribution in [2.24, 2.45) is 0 Å². The summed E-state index contributed by atoms with van der Waals surface area (Å²) in [5.41, 5.74) is 1.60. The summed E-state index contributed by atoms with van der Waals surface area (Å²) in [4.78, 5) is 26.6. The molecule has 102 valence electrons. The second kappa shape index (κ2) is 9.05. The summed E-state index contributed by atoms with van der Waals surface area (Å²) < 4.78 is 0. The molecule has 1 rings (SSSR count). The highest BCUT2D eigenvalue weighted by Gasteiger charge is 2.03. The molecule has 0 heterocycles. The largest absolute Gasteiger partial charge is 0.298 e. The summed E-state index contributed by atoms with van der Waals surface area (Å²) in [5.74, 6) is 0. The standard InChI is InChI=1S/C15H19NO3/c1-14(11-17)7-5-6-10-16(13-18)19-12-15-8-3-2-4-9-15/h2-4,8-9,11,13H,1,5-7,10,12H2. The second-order valence-corrected chi connectivity index (χ2v) is 4.24. The van der Waals surface area contributed by atoms with Crippen molar-refractivity contribution in [1.82, 2.24) is 5.06 Å². The first-order valence-corrected chi connectivity index (χ1v) is 6.28. The van der Waals surface area contributed by atoms with E-state index in [2.05, 4.69) is 6.58 Å². The van der Waals surface area contributed by atoms with Crippen molar-refractivity contribution in [2.45, 2.75) is 25.9 Å². The van der Waals surface area contributed by atoms with Crippen molar-refractivity contribution in [3.63, 3.8) is 0 Å². The highest BCUT2D eigenvalue weighted by atomic mass is 16.7. The quantitative estimate of drug-likeness (QED) is 0.281. The van der Waals surface area contributed by atoms with Crippen molar-refractivity contribution in [2.75, 3.05) is 6.54 Å². The molecule has 1 aromatic carbocycles. The van der Waals surface area contributed by atoms with Gasteiger partial charge >= 0.3 is 0 Å². The third-order valence-electron chi connectivity index (χ3n) is 2.65. The third-order valence-corrected chi connectivity index (χ3v) is 2.65. The van der Waals surface area contributed by atoms with Crippen LogP contribution in [0.4, 0.5) is 0 Å². The first kappa shape index (κ1) is 15.1. The Morgan fingerprint density at radius 3 is 2.58 bits per heavy atom. The van der Waals surface area contributed by atoms with Gasteiger partial charge in [-0.1, -0.05) is 36.9 Å². The van der Waals surface area contributed by atoms with Gasteiger partial charge in [-0.25, -0.2) is 5.06 Å². The van der Waals surface area contributed by atoms with Crippen LogP contribution in [-0.4, -0.2) is 24.3 Å². The van der Waals surface area contributed by atoms with Gasteiger partial charge in [0, 0.05) is 6.54 Å². The molecule has 0 atom stereocenters. The predicted molar refractivity (Wildman–Crippen MR) is 73.1 cm³/mol. The van der Waals surface area contributed by atoms with Crippen molar-refractivity contribution in [3.8, 4) is 0 Å². The van der Waals surface area contributed by atoms with Crippen LogP contribution in [0.15, 0.2) is 42.5 Å². The molecule has 0 fully saturated rings. The molecule has 0 aliphatic rings. The molecule has 4 heteroatoms. The second-order valence-electron chi connectivity index (χ2n) is 4.24. The van der Waals surface area contributed by atoms with Crippen molar-refractivity contribution < 1.29 is 14.4 Å². The number of aldehydes is 1. The highest BCUT2D eigenvalue weighted by Crippen LogP contribution is 2.06. The normalized spacial score (nSPS) is 9.89. The number of nitrogens with zero attached hydrogens (tertiary/aromatic N) is 1. The molecule has 0 bridgehead atoms. The molecule has 0 saturated carbocycles. The number of carbonyl (C=O) groups is 2. The molecule has 0 aliphatic carbocycles. The van der Waals surface area contributed by atoms with Crippen LogP contribution in [0.5, 0.6) is 0 Å². The van der Waals surface area contributed by atoms with Gasteiger partial charge in [-0.15, -0.1) is 0 Å². The summed E-state index contributed by atoms with van der Waals surface area (Å²) in [5, 5.41) is 1.29. The van der Waals surface area contributed by atoms with Gasteiger partial charge in [0.25, 0.3) is 0 Å². The number of carbonyl (C=O) groups excluding carboxylic acids is 2. The summed E-state index contributed by atoms with van der Waals surface area (Å²) in [6.07, 6.45) is 3.70. The number of hydrogen-bond donors (Lipinski definition) is 0. The lowest BCUT2D eigenvalue weighted by Gasteiger charge is -2.16. The number of unbranched alkanes of at least 4 members (excludes halogenated alkanes) is 1. The number of hydroxylamine groups is 2. The van der Waals surface area contributed by atoms with Crippen LogP contribution in [0.1, 0.15) is 24.8 Å². The smallest absolute Gasteiger partial charge is 0.233 e. The van der Waals surface area contributed by atoms with E-state index in [1.165, 1.54) is 5.06 Å². The van der Waals surface area contributed by atoms with E-state index >= 15 is 0 Å². The Morgan fingerprint density at radius 1 is 1.21 bits per heavy atom. The van der Waals surface area contributed by atoms with E-state index in [0.29, 0.717) is 31.6 Å². The van der Waals surface area contributed by atoms with Crippen LogP contribution in [0.3, 0.4) is 0 Å². The van der Waals surface area contributed by atoms with Crippen molar-refractivity contribution >= 4 is 12.7 Å². The maximum absolute atomic E-state index is 10.8. The van der Waals surface area contributed by atoms with E-state index in [1.807, 2.05) is 30.3 Å². The minimum absolute atomic E-state index is 0.376. The van der Waals surface area contributed by atoms with Crippen LogP contribution in [-0.2, 0) is 21.0 Å². The number of hydrogen-bond acceptors (Lipinski definition) is 3. The molecule has 0 N–H and O–H groups in total. The molecule has 0 radical (unpaired) electrons. The number of amides is 1. The number of allylic oxidation sites excluding steroid dienone is 1. The molecule has 0 aromatic heterocycles. The minimum Gasteiger partial charge on any atom is -0.298 e. The van der Waals surface area contributed by atoms with Gasteiger partial charge < -0.3 is 0 Å². The van der Waals surface area contributed by atoms with Gasteiger partial charge in [-0.05, 0) is 30.4 Å². The van der Waals surface area contributed by atoms with E-state index in [4.69, 9.17) is 4.84 Å². The first-order chi connectivity index (χ1) is 9.26. The van der Waals surface area contributed by atoms with Gasteiger partial charge in [0.2, 0.25) is 6.41 Å². The first-order valence-electron chi connectivity index (χ1n) is 6.28. The summed E-state index contributed by atoms with van der Waals surface area (Å²) >= 11 is 0. The molecule has 0 saturated heterocycles. The Bertz CT molecular complexity index is 403. The molecule has 0 unspecified atom stereocenters. The predicted octanol–water partition coefficient (Wildman–Crippen LogP) is 2.50. The Labute approximate surface area is 113 Å². The van der Waals surface area contributed by atoms with Crippen molar-refractivity contribution in [3.05, 3.63) is 48.0 Å². The number of benzene rings is 1. The maximum Gasteiger partial charge on any atom is 0.233 e. The SMILES string of the molecule is C=C(C=O)CCCCN(C=O)OCc1ccccc1. The Morgan fingerprint density at radius 2 is 1.95 bits per heavy atom. The number of rotatable bonds is 10. The summed E-state index contributed by atoms with van der Waals surface area (Å²) in [7, 11) is 0. The Hall–Kier alpha value is -1.94. The molecule has 0 aliphatic heterocycles. The lowest BCUT2D eigenvalue weighted by molar-refractivity contribution is -0.177. The van der Waals surface area contributed by atoms with Crippen LogP contribution in [0, 0.1) is 0 Å². The molecule has 4 nitrogen and oxygen atoms in total. The molecule has 1 aromatic rings. The lowest BCUT2D eigenvalue weighted by atomic mass is 10.1. The van der Waals surface area contributed by atoms with Crippen LogP contribution >= 0.6 is 0 Å². The maximum atomic E-state index is 10.8. The fourth-order valence-corrected chi connectivity index (χ4v) is 1.56. The van der Waals surface area contributed by atoms with Crippen LogP contribution in [0.2, 0.25) is 0 Å². The van der Waals surface area contributed by atoms with E-state index in [1.54, 1.807) is 0 Å². The van der Waals surface area contributed by atoms with Gasteiger partial charge in [0.05, 0.1) is 0 Å². The Balaban J connectivity index is 2.21. The van der Waals surface area contributed by atoms with Gasteiger partial charge in [-0.3, -0.25) is 14.4 Å². The summed E-state index contributed by atoms with van der Waals surface area (Å²) in [6.45, 7) is 4.50. The Kier molecular flexibility index (Phi) is 7.20. The monoisotopic (exact) mass is 261 g/mol. The average molecular weight is 261 g/mol. The van der Waals surface area contributed by atoms with E-state index in [9.17, 15) is 9.59 Å².